The summed E-state index contributed by atoms with van der Waals surface area (Å²) < 4.78 is 6.94. The molecule has 0 fully saturated rings. The van der Waals surface area contributed by atoms with Crippen LogP contribution >= 0.6 is 11.3 Å². The first-order chi connectivity index (χ1) is 13.8. The third kappa shape index (κ3) is 3.11. The molecule has 0 amide bonds. The molecule has 8 nitrogen and oxygen atoms in total. The summed E-state index contributed by atoms with van der Waals surface area (Å²) in [7, 11) is 1.70. The second-order valence-electron chi connectivity index (χ2n) is 7.04. The van der Waals surface area contributed by atoms with Crippen molar-refractivity contribution in [3.63, 3.8) is 0 Å². The van der Waals surface area contributed by atoms with E-state index < -0.39 is 0 Å². The number of quaternary nitrogens is 1. The van der Waals surface area contributed by atoms with Gasteiger partial charge in [-0.3, -0.25) is 0 Å². The molecular weight excluding hydrogens is 374 g/mol. The van der Waals surface area contributed by atoms with Crippen molar-refractivity contribution in [1.82, 2.24) is 25.0 Å². The number of anilines is 1. The van der Waals surface area contributed by atoms with Crippen molar-refractivity contribution in [3.8, 4) is 0 Å². The maximum atomic E-state index is 5.18. The monoisotopic (exact) mass is 396 g/mol. The van der Waals surface area contributed by atoms with Gasteiger partial charge in [-0.15, -0.1) is 11.3 Å². The molecule has 1 atom stereocenters. The number of ether oxygens (including phenoxy) is 1. The molecule has 5 rings (SSSR count). The van der Waals surface area contributed by atoms with E-state index in [1.165, 1.54) is 16.0 Å². The molecule has 0 spiro atoms. The van der Waals surface area contributed by atoms with E-state index in [2.05, 4.69) is 56.2 Å². The molecule has 1 aromatic carbocycles. The van der Waals surface area contributed by atoms with E-state index in [0.29, 0.717) is 18.9 Å². The third-order valence-corrected chi connectivity index (χ3v) is 6.41. The minimum absolute atomic E-state index is 0.527. The number of rotatable bonds is 6. The van der Waals surface area contributed by atoms with Crippen LogP contribution in [-0.2, 0) is 24.2 Å². The second kappa shape index (κ2) is 7.42. The van der Waals surface area contributed by atoms with Crippen LogP contribution in [0.25, 0.3) is 16.0 Å². The first kappa shape index (κ1) is 17.5. The number of thiophene rings is 1. The molecule has 0 saturated heterocycles. The number of hydrogen-bond donors (Lipinski definition) is 2. The fourth-order valence-corrected chi connectivity index (χ4v) is 5.25. The standard InChI is InChI=1S/C19H21N7OS/c1-27-10-8-20-17-16-14-7-9-25(11-13-5-3-2-4-6-13)12-15(14)28-18(16)26-19(21-17)22-23-24-26/h2-6H,7-12H2,1H3,(H,20,21,22,24)/p+1. The number of nitrogens with zero attached hydrogens (tertiary/aromatic N) is 5. The zero-order valence-electron chi connectivity index (χ0n) is 15.7. The van der Waals surface area contributed by atoms with E-state index in [9.17, 15) is 0 Å². The number of aromatic nitrogens is 5. The summed E-state index contributed by atoms with van der Waals surface area (Å²) in [6, 6.07) is 10.7. The van der Waals surface area contributed by atoms with Gasteiger partial charge in [-0.1, -0.05) is 35.4 Å². The normalized spacial score (nSPS) is 16.5. The number of fused-ring (bicyclic) bond motifs is 5. The fraction of sp³-hybridized carbons (Fsp3) is 0.368. The van der Waals surface area contributed by atoms with E-state index in [4.69, 9.17) is 4.74 Å². The highest BCUT2D eigenvalue weighted by molar-refractivity contribution is 7.19. The van der Waals surface area contributed by atoms with Gasteiger partial charge < -0.3 is 15.0 Å². The summed E-state index contributed by atoms with van der Waals surface area (Å²) in [6.07, 6.45) is 1.03. The number of benzene rings is 1. The van der Waals surface area contributed by atoms with E-state index in [0.717, 1.165) is 42.1 Å². The van der Waals surface area contributed by atoms with Gasteiger partial charge in [-0.05, 0) is 16.0 Å². The summed E-state index contributed by atoms with van der Waals surface area (Å²) in [5.41, 5.74) is 2.77. The lowest BCUT2D eigenvalue weighted by Crippen LogP contribution is -3.10. The van der Waals surface area contributed by atoms with Crippen LogP contribution < -0.4 is 10.2 Å². The molecule has 0 radical (unpaired) electrons. The highest BCUT2D eigenvalue weighted by Crippen LogP contribution is 2.36. The maximum Gasteiger partial charge on any atom is 0.276 e. The molecule has 1 unspecified atom stereocenters. The van der Waals surface area contributed by atoms with Gasteiger partial charge in [0.25, 0.3) is 5.78 Å². The maximum absolute atomic E-state index is 5.18. The Bertz CT molecular complexity index is 1110. The smallest absolute Gasteiger partial charge is 0.276 e. The van der Waals surface area contributed by atoms with Crippen LogP contribution in [0.3, 0.4) is 0 Å². The molecule has 2 N–H and O–H groups in total. The topological polar surface area (TPSA) is 81.7 Å². The van der Waals surface area contributed by atoms with Gasteiger partial charge in [-0.2, -0.15) is 9.50 Å². The van der Waals surface area contributed by atoms with Crippen molar-refractivity contribution in [3.05, 3.63) is 46.3 Å². The first-order valence-corrected chi connectivity index (χ1v) is 10.3. The van der Waals surface area contributed by atoms with Crippen LogP contribution in [-0.4, -0.2) is 51.8 Å². The van der Waals surface area contributed by atoms with Crippen LogP contribution in [0.2, 0.25) is 0 Å². The Balaban J connectivity index is 1.51. The van der Waals surface area contributed by atoms with Crippen molar-refractivity contribution in [1.29, 1.82) is 0 Å². The summed E-state index contributed by atoms with van der Waals surface area (Å²) >= 11 is 1.79. The predicted molar refractivity (Wildman–Crippen MR) is 108 cm³/mol. The minimum Gasteiger partial charge on any atom is -0.383 e. The quantitative estimate of drug-likeness (QED) is 0.472. The Hall–Kier alpha value is -2.62. The summed E-state index contributed by atoms with van der Waals surface area (Å²) in [6.45, 7) is 4.50. The van der Waals surface area contributed by atoms with Crippen LogP contribution in [0.4, 0.5) is 5.82 Å². The van der Waals surface area contributed by atoms with Gasteiger partial charge in [0.1, 0.15) is 23.7 Å². The molecule has 1 aliphatic heterocycles. The Morgan fingerprint density at radius 2 is 2.18 bits per heavy atom. The van der Waals surface area contributed by atoms with Crippen LogP contribution in [0.5, 0.6) is 0 Å². The van der Waals surface area contributed by atoms with E-state index in [1.54, 1.807) is 27.9 Å². The third-order valence-electron chi connectivity index (χ3n) is 5.20. The molecular formula is C19H22N7OS+. The van der Waals surface area contributed by atoms with Crippen molar-refractivity contribution < 1.29 is 9.64 Å². The van der Waals surface area contributed by atoms with E-state index >= 15 is 0 Å². The summed E-state index contributed by atoms with van der Waals surface area (Å²) in [5, 5.41) is 16.6. The van der Waals surface area contributed by atoms with Gasteiger partial charge in [0, 0.05) is 25.6 Å². The number of hydrogen-bond acceptors (Lipinski definition) is 7. The zero-order valence-corrected chi connectivity index (χ0v) is 16.5. The molecule has 3 aromatic heterocycles. The summed E-state index contributed by atoms with van der Waals surface area (Å²) in [5.74, 6) is 1.39. The largest absolute Gasteiger partial charge is 0.383 e. The van der Waals surface area contributed by atoms with Gasteiger partial charge in [0.2, 0.25) is 0 Å². The highest BCUT2D eigenvalue weighted by atomic mass is 32.1. The van der Waals surface area contributed by atoms with Crippen LogP contribution in [0.15, 0.2) is 30.3 Å². The second-order valence-corrected chi connectivity index (χ2v) is 8.13. The molecule has 0 saturated carbocycles. The summed E-state index contributed by atoms with van der Waals surface area (Å²) in [4.78, 5) is 8.73. The molecule has 4 heterocycles. The Morgan fingerprint density at radius 3 is 3.04 bits per heavy atom. The SMILES string of the molecule is COCCNc1nc2nnnn2c2sc3c(c12)CC[NH+](Cc1ccccc1)C3. The van der Waals surface area contributed by atoms with Gasteiger partial charge >= 0.3 is 0 Å². The molecule has 9 heteroatoms. The van der Waals surface area contributed by atoms with Gasteiger partial charge in [-0.25, -0.2) is 0 Å². The Morgan fingerprint density at radius 1 is 1.29 bits per heavy atom. The van der Waals surface area contributed by atoms with Crippen LogP contribution in [0.1, 0.15) is 16.0 Å². The van der Waals surface area contributed by atoms with Crippen molar-refractivity contribution in [2.75, 3.05) is 32.1 Å². The van der Waals surface area contributed by atoms with E-state index in [1.807, 2.05) is 0 Å². The zero-order chi connectivity index (χ0) is 18.9. The fourth-order valence-electron chi connectivity index (χ4n) is 3.89. The van der Waals surface area contributed by atoms with Crippen molar-refractivity contribution in [2.45, 2.75) is 19.5 Å². The lowest BCUT2D eigenvalue weighted by Gasteiger charge is -2.24. The number of tetrazole rings is 1. The predicted octanol–water partition coefficient (Wildman–Crippen LogP) is 0.934. The van der Waals surface area contributed by atoms with E-state index in [-0.39, 0.29) is 0 Å². The first-order valence-electron chi connectivity index (χ1n) is 9.46. The van der Waals surface area contributed by atoms with Gasteiger partial charge in [0.15, 0.2) is 0 Å². The van der Waals surface area contributed by atoms with Gasteiger partial charge in [0.05, 0.1) is 23.4 Å². The lowest BCUT2D eigenvalue weighted by atomic mass is 10.0. The Kier molecular flexibility index (Phi) is 4.63. The number of nitrogens with one attached hydrogen (secondary N) is 2. The molecule has 1 aliphatic rings. The molecule has 0 aliphatic carbocycles. The number of methoxy groups -OCH3 is 1. The Labute approximate surface area is 166 Å². The average molecular weight is 397 g/mol. The van der Waals surface area contributed by atoms with Crippen LogP contribution in [0, 0.1) is 0 Å². The van der Waals surface area contributed by atoms with Crippen molar-refractivity contribution in [2.24, 2.45) is 0 Å². The average Bonchev–Trinajstić information content (AvgIpc) is 3.33. The van der Waals surface area contributed by atoms with Crippen molar-refractivity contribution >= 4 is 33.1 Å². The molecule has 4 aromatic rings. The highest BCUT2D eigenvalue weighted by Gasteiger charge is 2.27. The molecule has 28 heavy (non-hydrogen) atoms. The minimum atomic E-state index is 0.527. The molecule has 144 valence electrons. The molecule has 0 bridgehead atoms. The lowest BCUT2D eigenvalue weighted by molar-refractivity contribution is -0.929.